The normalized spacial score (nSPS) is 27.4. The van der Waals surface area contributed by atoms with E-state index in [4.69, 9.17) is 0 Å². The van der Waals surface area contributed by atoms with E-state index in [2.05, 4.69) is 121 Å². The van der Waals surface area contributed by atoms with Crippen LogP contribution in [0, 0.1) is 23.7 Å². The molecular weight excluding hydrogens is 553 g/mol. The number of hydrogen-bond acceptors (Lipinski definition) is 0. The molecule has 4 aromatic rings. The minimum atomic E-state index is 0.387. The lowest BCUT2D eigenvalue weighted by Gasteiger charge is -2.48. The zero-order valence-electron chi connectivity index (χ0n) is 25.3. The van der Waals surface area contributed by atoms with Gasteiger partial charge < -0.3 is 0 Å². The Morgan fingerprint density at radius 1 is 0.435 bits per heavy atom. The van der Waals surface area contributed by atoms with Gasteiger partial charge in [0.25, 0.3) is 0 Å². The van der Waals surface area contributed by atoms with Crippen molar-refractivity contribution >= 4 is 55.0 Å². The summed E-state index contributed by atoms with van der Waals surface area (Å²) in [6.45, 7) is 0. The van der Waals surface area contributed by atoms with Gasteiger partial charge in [0.05, 0.1) is 0 Å². The second kappa shape index (κ2) is 7.60. The molecule has 0 nitrogen and oxygen atoms in total. The molecule has 0 heterocycles. The fraction of sp³-hybridized carbons (Fsp3) is 0.130. The van der Waals surface area contributed by atoms with Crippen LogP contribution in [0.25, 0.3) is 55.0 Å². The van der Waals surface area contributed by atoms with Gasteiger partial charge in [0.1, 0.15) is 0 Å². The Labute approximate surface area is 267 Å². The number of hydrogen-bond donors (Lipinski definition) is 0. The third kappa shape index (κ3) is 2.44. The summed E-state index contributed by atoms with van der Waals surface area (Å²) in [6.07, 6.45) is 26.9. The molecule has 0 spiro atoms. The van der Waals surface area contributed by atoms with Crippen molar-refractivity contribution in [2.24, 2.45) is 23.7 Å². The fourth-order valence-electron chi connectivity index (χ4n) is 11.2. The molecule has 4 aromatic carbocycles. The van der Waals surface area contributed by atoms with E-state index in [9.17, 15) is 0 Å². The second-order valence-electron chi connectivity index (χ2n) is 14.5. The molecule has 46 heavy (non-hydrogen) atoms. The lowest BCUT2D eigenvalue weighted by Crippen LogP contribution is -2.37. The Morgan fingerprint density at radius 2 is 0.957 bits per heavy atom. The third-order valence-electron chi connectivity index (χ3n) is 12.9. The average Bonchev–Trinajstić information content (AvgIpc) is 3.73. The molecular formula is C46H28. The SMILES string of the molecule is C1=CC2=C(CC1)c1cc3cc4c(cc3c3cccc2c13)C1=CC=C2C3=CC=C5c6ccccc6C6=CC=C(C7=CC=C4C1C72)C3C65. The van der Waals surface area contributed by atoms with Crippen molar-refractivity contribution in [1.82, 2.24) is 0 Å². The number of allylic oxidation sites excluding steroid dienone is 20. The van der Waals surface area contributed by atoms with Crippen LogP contribution in [-0.2, 0) is 0 Å². The number of rotatable bonds is 0. The van der Waals surface area contributed by atoms with Gasteiger partial charge in [0.2, 0.25) is 0 Å². The Morgan fingerprint density at radius 3 is 1.61 bits per heavy atom. The highest BCUT2D eigenvalue weighted by Crippen LogP contribution is 2.67. The highest BCUT2D eigenvalue weighted by atomic mass is 14.6. The first kappa shape index (κ1) is 23.2. The van der Waals surface area contributed by atoms with Crippen LogP contribution in [0.5, 0.6) is 0 Å². The molecule has 0 radical (unpaired) electrons. The molecule has 0 aliphatic heterocycles. The first-order valence-electron chi connectivity index (χ1n) is 17.1. The van der Waals surface area contributed by atoms with Gasteiger partial charge in [-0.25, -0.2) is 0 Å². The Kier molecular flexibility index (Phi) is 3.83. The summed E-state index contributed by atoms with van der Waals surface area (Å²) in [5.74, 6) is 1.62. The van der Waals surface area contributed by atoms with Gasteiger partial charge in [-0.05, 0) is 142 Å². The topological polar surface area (TPSA) is 0 Å². The standard InChI is InChI=1S/C46H28/c1-2-7-25-24(6-1)30-12-14-32-34-16-18-36-39-20-23-21-41-27-9-4-3-8-26(27)28-10-5-11-29(42(28)41)38(23)22-40(39)37-19-17-35(45(34)46(36)37)33-15-13-31(25)43(30)44(32)33/h1-3,5-8,10-22,43-46H,4,9H2. The van der Waals surface area contributed by atoms with E-state index in [1.165, 1.54) is 82.8 Å². The van der Waals surface area contributed by atoms with Crippen LogP contribution in [0.3, 0.4) is 0 Å². The molecule has 9 aliphatic rings. The Bertz CT molecular complexity index is 2620. The van der Waals surface area contributed by atoms with Crippen LogP contribution in [0.4, 0.5) is 0 Å². The Balaban J connectivity index is 1.04. The van der Waals surface area contributed by atoms with Crippen LogP contribution < -0.4 is 0 Å². The molecule has 4 unspecified atom stereocenters. The molecule has 0 amide bonds. The van der Waals surface area contributed by atoms with Crippen LogP contribution in [0.15, 0.2) is 144 Å². The number of fused-ring (bicyclic) bond motifs is 12. The summed E-state index contributed by atoms with van der Waals surface area (Å²) in [5, 5.41) is 5.66. The maximum absolute atomic E-state index is 2.55. The van der Waals surface area contributed by atoms with Gasteiger partial charge in [0.15, 0.2) is 0 Å². The van der Waals surface area contributed by atoms with Crippen LogP contribution in [0.1, 0.15) is 46.2 Å². The van der Waals surface area contributed by atoms with E-state index < -0.39 is 0 Å². The van der Waals surface area contributed by atoms with E-state index in [0.29, 0.717) is 23.7 Å². The first-order chi connectivity index (χ1) is 22.8. The maximum Gasteiger partial charge on any atom is 0.0211 e. The van der Waals surface area contributed by atoms with Crippen molar-refractivity contribution in [1.29, 1.82) is 0 Å². The van der Waals surface area contributed by atoms with Crippen molar-refractivity contribution in [3.8, 4) is 0 Å². The molecule has 0 saturated heterocycles. The van der Waals surface area contributed by atoms with Crippen molar-refractivity contribution in [2.75, 3.05) is 0 Å². The molecule has 0 aromatic heterocycles. The monoisotopic (exact) mass is 580 g/mol. The summed E-state index contributed by atoms with van der Waals surface area (Å²) < 4.78 is 0. The molecule has 4 atom stereocenters. The minimum absolute atomic E-state index is 0.387. The van der Waals surface area contributed by atoms with E-state index in [0.717, 1.165) is 12.8 Å². The largest absolute Gasteiger partial charge is 0.0836 e. The van der Waals surface area contributed by atoms with E-state index in [1.54, 1.807) is 27.9 Å². The zero-order valence-corrected chi connectivity index (χ0v) is 25.3. The first-order valence-corrected chi connectivity index (χ1v) is 17.1. The van der Waals surface area contributed by atoms with E-state index >= 15 is 0 Å². The molecule has 0 heteroatoms. The molecule has 9 aliphatic carbocycles. The smallest absolute Gasteiger partial charge is 0.0211 e. The quantitative estimate of drug-likeness (QED) is 0.182. The van der Waals surface area contributed by atoms with E-state index in [-0.39, 0.29) is 0 Å². The summed E-state index contributed by atoms with van der Waals surface area (Å²) in [5.41, 5.74) is 23.9. The lowest BCUT2D eigenvalue weighted by atomic mass is 9.54. The highest BCUT2D eigenvalue weighted by molar-refractivity contribution is 6.24. The molecule has 0 N–H and O–H groups in total. The molecule has 1 fully saturated rings. The fourth-order valence-corrected chi connectivity index (χ4v) is 11.2. The van der Waals surface area contributed by atoms with Gasteiger partial charge >= 0.3 is 0 Å². The van der Waals surface area contributed by atoms with Crippen LogP contribution >= 0.6 is 0 Å². The highest BCUT2D eigenvalue weighted by Gasteiger charge is 2.53. The third-order valence-corrected chi connectivity index (χ3v) is 12.9. The Hall–Kier alpha value is -5.20. The second-order valence-corrected chi connectivity index (χ2v) is 14.5. The summed E-state index contributed by atoms with van der Waals surface area (Å²) in [7, 11) is 0. The number of benzene rings is 4. The molecule has 0 bridgehead atoms. The molecule has 212 valence electrons. The van der Waals surface area contributed by atoms with Gasteiger partial charge in [-0.15, -0.1) is 0 Å². The lowest BCUT2D eigenvalue weighted by molar-refractivity contribution is 0.525. The molecule has 13 rings (SSSR count). The predicted molar refractivity (Wildman–Crippen MR) is 191 cm³/mol. The minimum Gasteiger partial charge on any atom is -0.0836 e. The van der Waals surface area contributed by atoms with Crippen molar-refractivity contribution < 1.29 is 0 Å². The zero-order chi connectivity index (χ0) is 29.4. The van der Waals surface area contributed by atoms with Gasteiger partial charge in [-0.2, -0.15) is 0 Å². The van der Waals surface area contributed by atoms with Crippen molar-refractivity contribution in [3.63, 3.8) is 0 Å². The van der Waals surface area contributed by atoms with Crippen LogP contribution in [-0.4, -0.2) is 0 Å². The van der Waals surface area contributed by atoms with Crippen molar-refractivity contribution in [2.45, 2.75) is 12.8 Å². The van der Waals surface area contributed by atoms with Gasteiger partial charge in [-0.3, -0.25) is 0 Å². The van der Waals surface area contributed by atoms with Gasteiger partial charge in [0, 0.05) is 23.7 Å². The van der Waals surface area contributed by atoms with Gasteiger partial charge in [-0.1, -0.05) is 103 Å². The summed E-state index contributed by atoms with van der Waals surface area (Å²) >= 11 is 0. The maximum atomic E-state index is 2.55. The van der Waals surface area contributed by atoms with E-state index in [1.807, 2.05) is 0 Å². The summed E-state index contributed by atoms with van der Waals surface area (Å²) in [6, 6.07) is 23.6. The molecule has 1 saturated carbocycles. The van der Waals surface area contributed by atoms with Crippen LogP contribution in [0.2, 0.25) is 0 Å². The summed E-state index contributed by atoms with van der Waals surface area (Å²) in [4.78, 5) is 0. The van der Waals surface area contributed by atoms with Crippen molar-refractivity contribution in [3.05, 3.63) is 177 Å². The predicted octanol–water partition coefficient (Wildman–Crippen LogP) is 11.1. The average molecular weight is 581 g/mol.